The average Bonchev–Trinajstić information content (AvgIpc) is 3.16. The van der Waals surface area contributed by atoms with Crippen LogP contribution in [0.4, 0.5) is 0 Å². The number of halogens is 1. The van der Waals surface area contributed by atoms with E-state index in [2.05, 4.69) is 10.6 Å². The molecule has 8 heteroatoms. The van der Waals surface area contributed by atoms with Crippen molar-refractivity contribution in [1.82, 2.24) is 15.5 Å². The highest BCUT2D eigenvalue weighted by Crippen LogP contribution is 2.11. The van der Waals surface area contributed by atoms with E-state index < -0.39 is 0 Å². The highest BCUT2D eigenvalue weighted by molar-refractivity contribution is 14.0. The van der Waals surface area contributed by atoms with Crippen molar-refractivity contribution in [3.8, 4) is 0 Å². The lowest BCUT2D eigenvalue weighted by molar-refractivity contribution is -0.129. The number of likely N-dealkylation sites (tertiary alicyclic amines) is 1. The number of carbonyl (C=O) groups excluding carboxylic acids is 1. The van der Waals surface area contributed by atoms with Gasteiger partial charge in [0.05, 0.1) is 6.26 Å². The van der Waals surface area contributed by atoms with E-state index >= 15 is 0 Å². The smallest absolute Gasteiger partial charge is 0.219 e. The fraction of sp³-hybridized carbons (Fsp3) is 0.684. The Morgan fingerprint density at radius 3 is 2.44 bits per heavy atom. The quantitative estimate of drug-likeness (QED) is 0.376. The largest absolute Gasteiger partial charge is 0.469 e. The molecule has 2 aliphatic rings. The molecule has 2 aliphatic heterocycles. The lowest BCUT2D eigenvalue weighted by atomic mass is 10.1. The molecule has 3 rings (SSSR count). The molecule has 1 aromatic heterocycles. The van der Waals surface area contributed by atoms with Crippen LogP contribution >= 0.6 is 24.0 Å². The van der Waals surface area contributed by atoms with Crippen LogP contribution in [0.2, 0.25) is 0 Å². The van der Waals surface area contributed by atoms with Crippen LogP contribution in [-0.4, -0.2) is 61.7 Å². The summed E-state index contributed by atoms with van der Waals surface area (Å²) in [5.74, 6) is 1.98. The third kappa shape index (κ3) is 7.33. The zero-order valence-corrected chi connectivity index (χ0v) is 18.3. The minimum absolute atomic E-state index is 0. The molecule has 3 heterocycles. The van der Waals surface area contributed by atoms with Crippen molar-refractivity contribution in [2.75, 3.05) is 32.8 Å². The molecule has 7 nitrogen and oxygen atoms in total. The summed E-state index contributed by atoms with van der Waals surface area (Å²) in [5.41, 5.74) is 0. The molecule has 1 amide bonds. The van der Waals surface area contributed by atoms with Crippen molar-refractivity contribution in [2.45, 2.75) is 51.1 Å². The topological polar surface area (TPSA) is 79.1 Å². The summed E-state index contributed by atoms with van der Waals surface area (Å²) in [4.78, 5) is 18.2. The minimum atomic E-state index is 0. The zero-order chi connectivity index (χ0) is 18.2. The highest BCUT2D eigenvalue weighted by Gasteiger charge is 2.22. The van der Waals surface area contributed by atoms with Gasteiger partial charge >= 0.3 is 0 Å². The Morgan fingerprint density at radius 2 is 1.85 bits per heavy atom. The second-order valence-corrected chi connectivity index (χ2v) is 7.02. The molecule has 0 unspecified atom stereocenters. The molecule has 0 saturated carbocycles. The van der Waals surface area contributed by atoms with E-state index in [1.54, 1.807) is 13.2 Å². The predicted octanol–water partition coefficient (Wildman–Crippen LogP) is 2.17. The van der Waals surface area contributed by atoms with Gasteiger partial charge in [-0.25, -0.2) is 0 Å². The fourth-order valence-corrected chi connectivity index (χ4v) is 3.43. The van der Waals surface area contributed by atoms with Gasteiger partial charge in [0.1, 0.15) is 5.76 Å². The average molecular weight is 490 g/mol. The number of hydrogen-bond acceptors (Lipinski definition) is 4. The molecule has 1 aromatic rings. The maximum atomic E-state index is 11.5. The number of carbonyl (C=O) groups is 1. The number of piperidine rings is 1. The van der Waals surface area contributed by atoms with Gasteiger partial charge in [-0.05, 0) is 37.8 Å². The molecule has 0 bridgehead atoms. The van der Waals surface area contributed by atoms with E-state index in [0.717, 1.165) is 70.1 Å². The summed E-state index contributed by atoms with van der Waals surface area (Å²) in [6, 6.07) is 4.63. The molecule has 0 aromatic carbocycles. The van der Waals surface area contributed by atoms with Crippen LogP contribution in [-0.2, 0) is 16.0 Å². The number of amides is 1. The maximum Gasteiger partial charge on any atom is 0.219 e. The van der Waals surface area contributed by atoms with E-state index in [0.29, 0.717) is 18.6 Å². The van der Waals surface area contributed by atoms with Crippen molar-refractivity contribution in [3.63, 3.8) is 0 Å². The molecular weight excluding hydrogens is 459 g/mol. The van der Waals surface area contributed by atoms with Gasteiger partial charge in [-0.1, -0.05) is 0 Å². The van der Waals surface area contributed by atoms with Crippen LogP contribution in [0.15, 0.2) is 27.8 Å². The van der Waals surface area contributed by atoms with E-state index in [-0.39, 0.29) is 29.9 Å². The normalized spacial score (nSPS) is 19.4. The number of guanidine groups is 1. The summed E-state index contributed by atoms with van der Waals surface area (Å²) in [5, 5.41) is 7.14. The molecule has 0 aliphatic carbocycles. The summed E-state index contributed by atoms with van der Waals surface area (Å²) >= 11 is 0. The predicted molar refractivity (Wildman–Crippen MR) is 116 cm³/mol. The SMILES string of the molecule is CC(=O)N1CCC(NC(=NCCc2ccco2)NC2CCOCC2)CC1.I. The van der Waals surface area contributed by atoms with Crippen LogP contribution in [0.25, 0.3) is 0 Å². The van der Waals surface area contributed by atoms with Crippen molar-refractivity contribution < 1.29 is 13.9 Å². The van der Waals surface area contributed by atoms with Gasteiger partial charge in [-0.3, -0.25) is 9.79 Å². The monoisotopic (exact) mass is 490 g/mol. The maximum absolute atomic E-state index is 11.5. The third-order valence-corrected chi connectivity index (χ3v) is 5.05. The van der Waals surface area contributed by atoms with E-state index in [1.807, 2.05) is 17.0 Å². The Kier molecular flexibility index (Phi) is 9.40. The van der Waals surface area contributed by atoms with E-state index in [9.17, 15) is 4.79 Å². The molecule has 0 spiro atoms. The molecule has 0 radical (unpaired) electrons. The van der Waals surface area contributed by atoms with Gasteiger partial charge in [0.25, 0.3) is 0 Å². The third-order valence-electron chi connectivity index (χ3n) is 5.05. The number of furan rings is 1. The van der Waals surface area contributed by atoms with Crippen molar-refractivity contribution in [2.24, 2.45) is 4.99 Å². The number of aliphatic imine (C=N–C) groups is 1. The first kappa shape index (κ1) is 22.0. The van der Waals surface area contributed by atoms with Gasteiger partial charge in [0.15, 0.2) is 5.96 Å². The number of ether oxygens (including phenoxy) is 1. The van der Waals surface area contributed by atoms with Crippen LogP contribution in [0.5, 0.6) is 0 Å². The molecule has 2 fully saturated rings. The molecule has 2 saturated heterocycles. The summed E-state index contributed by atoms with van der Waals surface area (Å²) < 4.78 is 10.8. The van der Waals surface area contributed by atoms with Crippen molar-refractivity contribution in [1.29, 1.82) is 0 Å². The summed E-state index contributed by atoms with van der Waals surface area (Å²) in [7, 11) is 0. The van der Waals surface area contributed by atoms with Gasteiger partial charge < -0.3 is 24.7 Å². The Labute approximate surface area is 178 Å². The Bertz CT molecular complexity index is 580. The number of hydrogen-bond donors (Lipinski definition) is 2. The molecule has 152 valence electrons. The first-order valence-corrected chi connectivity index (χ1v) is 9.64. The zero-order valence-electron chi connectivity index (χ0n) is 16.0. The molecular formula is C19H31IN4O3. The molecule has 0 atom stereocenters. The minimum Gasteiger partial charge on any atom is -0.469 e. The standard InChI is InChI=1S/C19H30N4O3.HI/c1-15(24)23-10-5-16(6-11-23)21-19(22-17-7-13-25-14-8-17)20-9-4-18-3-2-12-26-18;/h2-3,12,16-17H,4-11,13-14H2,1H3,(H2,20,21,22);1H. The van der Waals surface area contributed by atoms with Gasteiger partial charge in [0, 0.05) is 58.3 Å². The van der Waals surface area contributed by atoms with Gasteiger partial charge in [-0.15, -0.1) is 24.0 Å². The Morgan fingerprint density at radius 1 is 1.19 bits per heavy atom. The van der Waals surface area contributed by atoms with E-state index in [1.165, 1.54) is 0 Å². The second-order valence-electron chi connectivity index (χ2n) is 7.02. The lowest BCUT2D eigenvalue weighted by Crippen LogP contribution is -2.52. The van der Waals surface area contributed by atoms with E-state index in [4.69, 9.17) is 14.1 Å². The van der Waals surface area contributed by atoms with Crippen LogP contribution in [0.1, 0.15) is 38.4 Å². The van der Waals surface area contributed by atoms with Crippen LogP contribution < -0.4 is 10.6 Å². The fourth-order valence-electron chi connectivity index (χ4n) is 3.43. The summed E-state index contributed by atoms with van der Waals surface area (Å²) in [6.07, 6.45) is 6.39. The Hall–Kier alpha value is -1.29. The lowest BCUT2D eigenvalue weighted by Gasteiger charge is -2.33. The van der Waals surface area contributed by atoms with Gasteiger partial charge in [0.2, 0.25) is 5.91 Å². The number of nitrogens with one attached hydrogen (secondary N) is 2. The van der Waals surface area contributed by atoms with Gasteiger partial charge in [-0.2, -0.15) is 0 Å². The van der Waals surface area contributed by atoms with Crippen molar-refractivity contribution >= 4 is 35.8 Å². The number of nitrogens with zero attached hydrogens (tertiary/aromatic N) is 2. The Balaban J connectivity index is 0.00000261. The molecule has 27 heavy (non-hydrogen) atoms. The summed E-state index contributed by atoms with van der Waals surface area (Å²) in [6.45, 7) is 5.54. The van der Waals surface area contributed by atoms with Crippen LogP contribution in [0.3, 0.4) is 0 Å². The second kappa shape index (κ2) is 11.5. The number of rotatable bonds is 5. The van der Waals surface area contributed by atoms with Crippen LogP contribution in [0, 0.1) is 0 Å². The van der Waals surface area contributed by atoms with Crippen molar-refractivity contribution in [3.05, 3.63) is 24.2 Å². The first-order valence-electron chi connectivity index (χ1n) is 9.64. The first-order chi connectivity index (χ1) is 12.7. The highest BCUT2D eigenvalue weighted by atomic mass is 127. The molecule has 2 N–H and O–H groups in total.